The third kappa shape index (κ3) is 22.8. The molecule has 80 heavy (non-hydrogen) atoms. The maximum atomic E-state index is 14.4. The first kappa shape index (κ1) is 66.9. The molecule has 29 heteroatoms. The smallest absolute Gasteiger partial charge is 0.326 e. The number of aliphatic imine (C=N–C) groups is 1. The summed E-state index contributed by atoms with van der Waals surface area (Å²) in [5.74, 6) is -9.57. The number of aliphatic carboxylic acids is 2. The van der Waals surface area contributed by atoms with Crippen LogP contribution in [0.4, 0.5) is 0 Å². The second kappa shape index (κ2) is 34.6. The molecule has 28 nitrogen and oxygen atoms in total. The number of carboxylic acid groups (broad SMARTS) is 2. The Morgan fingerprint density at radius 1 is 0.738 bits per heavy atom. The van der Waals surface area contributed by atoms with Crippen LogP contribution in [0.5, 0.6) is 0 Å². The van der Waals surface area contributed by atoms with Gasteiger partial charge in [-0.1, -0.05) is 44.2 Å². The van der Waals surface area contributed by atoms with Gasteiger partial charge in [-0.3, -0.25) is 48.1 Å². The first-order valence-electron chi connectivity index (χ1n) is 26.5. The molecule has 0 bridgehead atoms. The molecule has 1 aromatic heterocycles. The molecule has 0 aliphatic carbocycles. The molecule has 10 atom stereocenters. The molecule has 2 aromatic rings. The Kier molecular flexibility index (Phi) is 28.9. The number of guanidine groups is 1. The summed E-state index contributed by atoms with van der Waals surface area (Å²) in [5, 5.41) is 48.1. The number of aliphatic hydroxyl groups is 1. The van der Waals surface area contributed by atoms with Crippen LogP contribution in [-0.2, 0) is 60.8 Å². The summed E-state index contributed by atoms with van der Waals surface area (Å²) in [6.07, 6.45) is 3.90. The van der Waals surface area contributed by atoms with Gasteiger partial charge in [0.05, 0.1) is 18.5 Å². The molecule has 1 aliphatic heterocycles. The third-order valence-electron chi connectivity index (χ3n) is 13.0. The van der Waals surface area contributed by atoms with Crippen molar-refractivity contribution in [2.75, 3.05) is 31.6 Å². The Morgan fingerprint density at radius 3 is 1.93 bits per heavy atom. The van der Waals surface area contributed by atoms with Crippen LogP contribution in [0.2, 0.25) is 0 Å². The summed E-state index contributed by atoms with van der Waals surface area (Å²) in [5.41, 5.74) is 23.6. The SMILES string of the molecule is CSCC[C@H](NC(=O)[C@@H](NC(=O)[C@@H](CCCN=C(N)N)NC(=O)[C@@H](Cc1ccccc1)NC(=O)[C@H](N)CCC(=O)O)[C@@H](C)O)C(=O)N[C@H](C(=O)N[C@@H](Cc1cnc[nH]1)C(=O)N1CCC[C@H]1C(=O)N[C@@H](CCCCN)C(=O)O)C(C)C. The van der Waals surface area contributed by atoms with E-state index in [2.05, 4.69) is 52.2 Å². The molecule has 0 spiro atoms. The summed E-state index contributed by atoms with van der Waals surface area (Å²) in [4.78, 5) is 147. The Bertz CT molecular complexity index is 2390. The molecule has 3 rings (SSSR count). The number of carbonyl (C=O) groups excluding carboxylic acids is 8. The Morgan fingerprint density at radius 2 is 1.34 bits per heavy atom. The van der Waals surface area contributed by atoms with E-state index in [0.717, 1.165) is 0 Å². The number of aromatic nitrogens is 2. The highest BCUT2D eigenvalue weighted by Gasteiger charge is 2.41. The van der Waals surface area contributed by atoms with Gasteiger partial charge in [-0.2, -0.15) is 11.8 Å². The minimum Gasteiger partial charge on any atom is -0.481 e. The summed E-state index contributed by atoms with van der Waals surface area (Å²) in [6.45, 7) is 4.97. The number of carboxylic acids is 2. The van der Waals surface area contributed by atoms with Crippen LogP contribution in [-0.4, -0.2) is 187 Å². The lowest BCUT2D eigenvalue weighted by Crippen LogP contribution is -2.62. The van der Waals surface area contributed by atoms with Gasteiger partial charge >= 0.3 is 11.9 Å². The molecule has 1 fully saturated rings. The predicted molar refractivity (Wildman–Crippen MR) is 296 cm³/mol. The third-order valence-corrected chi connectivity index (χ3v) is 13.7. The minimum absolute atomic E-state index is 0.00128. The fourth-order valence-electron chi connectivity index (χ4n) is 8.61. The molecule has 1 aliphatic rings. The number of amides is 8. The second-order valence-electron chi connectivity index (χ2n) is 19.8. The zero-order chi connectivity index (χ0) is 59.5. The maximum absolute atomic E-state index is 14.4. The van der Waals surface area contributed by atoms with E-state index in [1.807, 2.05) is 0 Å². The lowest BCUT2D eigenvalue weighted by molar-refractivity contribution is -0.145. The molecule has 1 aromatic carbocycles. The lowest BCUT2D eigenvalue weighted by atomic mass is 10.0. The van der Waals surface area contributed by atoms with Gasteiger partial charge in [0.25, 0.3) is 0 Å². The number of aliphatic hydroxyl groups excluding tert-OH is 1. The van der Waals surface area contributed by atoms with E-state index in [4.69, 9.17) is 28.0 Å². The van der Waals surface area contributed by atoms with Crippen molar-refractivity contribution in [2.24, 2.45) is 33.8 Å². The number of hydrogen-bond acceptors (Lipinski definition) is 16. The number of aromatic amines is 1. The maximum Gasteiger partial charge on any atom is 0.326 e. The number of hydrogen-bond donors (Lipinski definition) is 15. The largest absolute Gasteiger partial charge is 0.481 e. The molecule has 444 valence electrons. The van der Waals surface area contributed by atoms with Crippen LogP contribution in [0.1, 0.15) is 96.2 Å². The molecule has 8 amide bonds. The molecular formula is C51H81N15O13S. The number of nitrogens with one attached hydrogen (secondary N) is 8. The second-order valence-corrected chi connectivity index (χ2v) is 20.8. The topological polar surface area (TPSA) is 464 Å². The number of H-pyrrole nitrogens is 1. The van der Waals surface area contributed by atoms with Gasteiger partial charge in [-0.25, -0.2) is 9.78 Å². The summed E-state index contributed by atoms with van der Waals surface area (Å²) >= 11 is 1.34. The van der Waals surface area contributed by atoms with Crippen molar-refractivity contribution in [3.63, 3.8) is 0 Å². The zero-order valence-electron chi connectivity index (χ0n) is 45.7. The minimum atomic E-state index is -1.74. The molecule has 0 saturated carbocycles. The summed E-state index contributed by atoms with van der Waals surface area (Å²) < 4.78 is 0. The molecule has 2 heterocycles. The number of benzene rings is 1. The van der Waals surface area contributed by atoms with E-state index >= 15 is 0 Å². The molecular weight excluding hydrogens is 1060 g/mol. The van der Waals surface area contributed by atoms with E-state index in [-0.39, 0.29) is 70.4 Å². The van der Waals surface area contributed by atoms with Crippen molar-refractivity contribution in [3.05, 3.63) is 54.1 Å². The van der Waals surface area contributed by atoms with E-state index in [0.29, 0.717) is 42.8 Å². The van der Waals surface area contributed by atoms with Crippen LogP contribution in [0.25, 0.3) is 0 Å². The van der Waals surface area contributed by atoms with Crippen molar-refractivity contribution in [1.29, 1.82) is 0 Å². The monoisotopic (exact) mass is 1140 g/mol. The Hall–Kier alpha value is -7.37. The lowest BCUT2D eigenvalue weighted by Gasteiger charge is -2.31. The highest BCUT2D eigenvalue weighted by atomic mass is 32.2. The van der Waals surface area contributed by atoms with Gasteiger partial charge in [0, 0.05) is 44.2 Å². The van der Waals surface area contributed by atoms with Crippen LogP contribution >= 0.6 is 11.8 Å². The summed E-state index contributed by atoms with van der Waals surface area (Å²) in [7, 11) is 0. The number of thioether (sulfide) groups is 1. The number of carbonyl (C=O) groups is 10. The molecule has 0 radical (unpaired) electrons. The number of likely N-dealkylation sites (tertiary alicyclic amines) is 1. The van der Waals surface area contributed by atoms with E-state index in [1.165, 1.54) is 36.1 Å². The van der Waals surface area contributed by atoms with Crippen LogP contribution in [0.3, 0.4) is 0 Å². The molecule has 19 N–H and O–H groups in total. The van der Waals surface area contributed by atoms with Crippen molar-refractivity contribution < 1.29 is 63.3 Å². The Labute approximate surface area is 468 Å². The molecule has 0 unspecified atom stereocenters. The molecule has 1 saturated heterocycles. The highest BCUT2D eigenvalue weighted by molar-refractivity contribution is 7.98. The number of unbranched alkanes of at least 4 members (excludes halogenated alkanes) is 1. The highest BCUT2D eigenvalue weighted by Crippen LogP contribution is 2.21. The number of nitrogens with zero attached hydrogens (tertiary/aromatic N) is 3. The van der Waals surface area contributed by atoms with Gasteiger partial charge in [0.15, 0.2) is 5.96 Å². The first-order chi connectivity index (χ1) is 38.0. The first-order valence-corrected chi connectivity index (χ1v) is 27.9. The summed E-state index contributed by atoms with van der Waals surface area (Å²) in [6, 6.07) is -3.53. The Balaban J connectivity index is 1.86. The van der Waals surface area contributed by atoms with Crippen molar-refractivity contribution >= 4 is 76.9 Å². The van der Waals surface area contributed by atoms with E-state index in [9.17, 15) is 58.2 Å². The van der Waals surface area contributed by atoms with E-state index < -0.39 is 132 Å². The number of nitrogens with two attached hydrogens (primary N) is 4. The predicted octanol–water partition coefficient (Wildman–Crippen LogP) is -3.17. The van der Waals surface area contributed by atoms with Crippen molar-refractivity contribution in [1.82, 2.24) is 52.1 Å². The van der Waals surface area contributed by atoms with Crippen LogP contribution < -0.4 is 60.2 Å². The van der Waals surface area contributed by atoms with Gasteiger partial charge < -0.3 is 85.4 Å². The standard InChI is InChI=1S/C51H81N15O13S/c1-28(2)40(47(75)63-37(25-31-26-56-27-58-31)49(77)66-22-11-16-38(66)46(74)61-35(50(78)79)14-8-9-20-52)64-44(72)34(19-23-80-4)60-48(76)41(29(3)67)65-43(71)33(15-10-21-57-51(54)55)59-45(73)36(24-30-12-6-5-7-13-30)62-42(70)32(53)17-18-39(68)69/h5-7,12-13,26-29,32-38,40-41,67H,8-11,14-25,52-53H2,1-4H3,(H,56,58)(H,59,73)(H,60,76)(H,61,74)(H,62,70)(H,63,75)(H,64,72)(H,65,71)(H,68,69)(H,78,79)(H4,54,55,57)/t29-,32-,33-,34+,35+,36-,37+,38+,40+,41+/m1/s1. The zero-order valence-corrected chi connectivity index (χ0v) is 46.5. The van der Waals surface area contributed by atoms with Crippen molar-refractivity contribution in [3.8, 4) is 0 Å². The van der Waals surface area contributed by atoms with Crippen LogP contribution in [0.15, 0.2) is 47.8 Å². The van der Waals surface area contributed by atoms with Gasteiger partial charge in [-0.15, -0.1) is 0 Å². The van der Waals surface area contributed by atoms with Gasteiger partial charge in [0.1, 0.15) is 48.3 Å². The van der Waals surface area contributed by atoms with Gasteiger partial charge in [-0.05, 0) is 94.7 Å². The fraction of sp³-hybridized carbons (Fsp3) is 0.608. The number of rotatable bonds is 36. The average molecular weight is 1140 g/mol. The average Bonchev–Trinajstić information content (AvgIpc) is 4.18. The van der Waals surface area contributed by atoms with Crippen LogP contribution in [0, 0.1) is 5.92 Å². The quantitative estimate of drug-likeness (QED) is 0.0182. The van der Waals surface area contributed by atoms with Gasteiger partial charge in [0.2, 0.25) is 47.3 Å². The number of imidazole rings is 1. The fourth-order valence-corrected chi connectivity index (χ4v) is 9.08. The van der Waals surface area contributed by atoms with Crippen molar-refractivity contribution in [2.45, 2.75) is 158 Å². The normalized spacial score (nSPS) is 16.4. The van der Waals surface area contributed by atoms with E-state index in [1.54, 1.807) is 50.4 Å².